The van der Waals surface area contributed by atoms with Gasteiger partial charge in [0.05, 0.1) is 19.8 Å². The molecule has 0 spiro atoms. The van der Waals surface area contributed by atoms with E-state index in [1.165, 1.54) is 0 Å². The Hall–Kier alpha value is -0.650. The minimum absolute atomic E-state index is 0.247. The Kier molecular flexibility index (Phi) is 4.35. The van der Waals surface area contributed by atoms with Gasteiger partial charge in [0.2, 0.25) is 5.91 Å². The third-order valence-corrected chi connectivity index (χ3v) is 4.46. The molecule has 5 nitrogen and oxygen atoms in total. The van der Waals surface area contributed by atoms with E-state index in [1.807, 2.05) is 0 Å². The quantitative estimate of drug-likeness (QED) is 0.776. The van der Waals surface area contributed by atoms with Crippen molar-refractivity contribution >= 4 is 5.91 Å². The fourth-order valence-electron chi connectivity index (χ4n) is 3.05. The zero-order valence-electron chi connectivity index (χ0n) is 11.5. The van der Waals surface area contributed by atoms with Crippen molar-refractivity contribution in [3.63, 3.8) is 0 Å². The molecular weight excluding hydrogens is 244 g/mol. The van der Waals surface area contributed by atoms with E-state index in [0.717, 1.165) is 65.3 Å². The molecule has 108 valence electrons. The number of hydrogen-bond donors (Lipinski definition) is 1. The number of hydrogen-bond acceptors (Lipinski definition) is 4. The van der Waals surface area contributed by atoms with Crippen LogP contribution in [0.3, 0.4) is 0 Å². The van der Waals surface area contributed by atoms with Crippen molar-refractivity contribution in [3.05, 3.63) is 0 Å². The normalized spacial score (nSPS) is 30.2. The average molecular weight is 268 g/mol. The van der Waals surface area contributed by atoms with Crippen LogP contribution < -0.4 is 5.32 Å². The summed E-state index contributed by atoms with van der Waals surface area (Å²) in [5.74, 6) is 1.10. The molecule has 5 heteroatoms. The van der Waals surface area contributed by atoms with Gasteiger partial charge in [-0.2, -0.15) is 0 Å². The van der Waals surface area contributed by atoms with Gasteiger partial charge in [0.1, 0.15) is 0 Å². The smallest absolute Gasteiger partial charge is 0.223 e. The lowest BCUT2D eigenvalue weighted by molar-refractivity contribution is -0.122. The summed E-state index contributed by atoms with van der Waals surface area (Å²) >= 11 is 0. The Morgan fingerprint density at radius 2 is 1.95 bits per heavy atom. The number of nitrogens with one attached hydrogen (secondary N) is 1. The first-order valence-electron chi connectivity index (χ1n) is 7.52. The van der Waals surface area contributed by atoms with Gasteiger partial charge in [-0.1, -0.05) is 0 Å². The first-order chi connectivity index (χ1) is 9.34. The van der Waals surface area contributed by atoms with E-state index in [9.17, 15) is 4.79 Å². The van der Waals surface area contributed by atoms with Gasteiger partial charge in [-0.15, -0.1) is 0 Å². The van der Waals surface area contributed by atoms with Crippen LogP contribution in [0.25, 0.3) is 0 Å². The third kappa shape index (κ3) is 3.46. The molecule has 1 aliphatic carbocycles. The second-order valence-electron chi connectivity index (χ2n) is 5.86. The molecule has 2 saturated heterocycles. The number of morpholine rings is 1. The molecule has 1 amide bonds. The summed E-state index contributed by atoms with van der Waals surface area (Å²) < 4.78 is 11.0. The van der Waals surface area contributed by atoms with E-state index >= 15 is 0 Å². The fraction of sp³-hybridized carbons (Fsp3) is 0.929. The van der Waals surface area contributed by atoms with Gasteiger partial charge in [0.15, 0.2) is 0 Å². The Bertz CT molecular complexity index is 308. The molecule has 2 unspecified atom stereocenters. The standard InChI is InChI=1S/C14H24N2O3/c17-14(11-1-2-11)15-9-13(12-3-6-19-10-12)16-4-7-18-8-5-16/h11-13H,1-10H2,(H,15,17). The van der Waals surface area contributed by atoms with Crippen molar-refractivity contribution in [3.8, 4) is 0 Å². The van der Waals surface area contributed by atoms with Gasteiger partial charge in [0, 0.05) is 44.1 Å². The Morgan fingerprint density at radius 1 is 1.16 bits per heavy atom. The van der Waals surface area contributed by atoms with Gasteiger partial charge in [-0.25, -0.2) is 0 Å². The number of carbonyl (C=O) groups is 1. The third-order valence-electron chi connectivity index (χ3n) is 4.46. The van der Waals surface area contributed by atoms with Gasteiger partial charge in [0.25, 0.3) is 0 Å². The zero-order valence-corrected chi connectivity index (χ0v) is 11.5. The maximum atomic E-state index is 11.8. The van der Waals surface area contributed by atoms with E-state index in [4.69, 9.17) is 9.47 Å². The number of rotatable bonds is 5. The van der Waals surface area contributed by atoms with E-state index in [2.05, 4.69) is 10.2 Å². The maximum absolute atomic E-state index is 11.8. The van der Waals surface area contributed by atoms with Crippen molar-refractivity contribution < 1.29 is 14.3 Å². The van der Waals surface area contributed by atoms with Crippen LogP contribution in [0.15, 0.2) is 0 Å². The summed E-state index contributed by atoms with van der Waals surface area (Å²) in [5.41, 5.74) is 0. The molecule has 0 aromatic heterocycles. The van der Waals surface area contributed by atoms with Crippen LogP contribution in [0.5, 0.6) is 0 Å². The lowest BCUT2D eigenvalue weighted by Gasteiger charge is -2.37. The first kappa shape index (κ1) is 13.3. The highest BCUT2D eigenvalue weighted by Gasteiger charge is 2.34. The largest absolute Gasteiger partial charge is 0.381 e. The Balaban J connectivity index is 1.55. The summed E-state index contributed by atoms with van der Waals surface area (Å²) in [6.45, 7) is 6.02. The van der Waals surface area contributed by atoms with E-state index in [0.29, 0.717) is 17.9 Å². The highest BCUT2D eigenvalue weighted by molar-refractivity contribution is 5.80. The summed E-state index contributed by atoms with van der Waals surface area (Å²) in [7, 11) is 0. The Morgan fingerprint density at radius 3 is 2.58 bits per heavy atom. The predicted molar refractivity (Wildman–Crippen MR) is 70.8 cm³/mol. The molecule has 2 aliphatic heterocycles. The number of carbonyl (C=O) groups excluding carboxylic acids is 1. The minimum Gasteiger partial charge on any atom is -0.381 e. The van der Waals surface area contributed by atoms with Crippen molar-refractivity contribution in [1.82, 2.24) is 10.2 Å². The second-order valence-corrected chi connectivity index (χ2v) is 5.86. The minimum atomic E-state index is 0.247. The number of nitrogens with zero attached hydrogens (tertiary/aromatic N) is 1. The van der Waals surface area contributed by atoms with Gasteiger partial charge >= 0.3 is 0 Å². The van der Waals surface area contributed by atoms with Gasteiger partial charge in [-0.05, 0) is 19.3 Å². The zero-order chi connectivity index (χ0) is 13.1. The summed E-state index contributed by atoms with van der Waals surface area (Å²) in [6.07, 6.45) is 3.25. The fourth-order valence-corrected chi connectivity index (χ4v) is 3.05. The molecule has 3 fully saturated rings. The molecule has 2 atom stereocenters. The molecule has 1 saturated carbocycles. The van der Waals surface area contributed by atoms with Crippen LogP contribution in [0.2, 0.25) is 0 Å². The molecule has 0 aromatic carbocycles. The molecule has 19 heavy (non-hydrogen) atoms. The van der Waals surface area contributed by atoms with Crippen LogP contribution in [-0.2, 0) is 14.3 Å². The van der Waals surface area contributed by atoms with Crippen LogP contribution in [0.1, 0.15) is 19.3 Å². The number of amides is 1. The van der Waals surface area contributed by atoms with Crippen LogP contribution >= 0.6 is 0 Å². The lowest BCUT2D eigenvalue weighted by atomic mass is 9.97. The van der Waals surface area contributed by atoms with Crippen LogP contribution in [0, 0.1) is 11.8 Å². The summed E-state index contributed by atoms with van der Waals surface area (Å²) in [4.78, 5) is 14.3. The maximum Gasteiger partial charge on any atom is 0.223 e. The number of ether oxygens (including phenoxy) is 2. The van der Waals surface area contributed by atoms with Gasteiger partial charge < -0.3 is 14.8 Å². The lowest BCUT2D eigenvalue weighted by Crippen LogP contribution is -2.52. The molecule has 0 aromatic rings. The highest BCUT2D eigenvalue weighted by atomic mass is 16.5. The van der Waals surface area contributed by atoms with Crippen molar-refractivity contribution in [2.24, 2.45) is 11.8 Å². The molecule has 1 N–H and O–H groups in total. The van der Waals surface area contributed by atoms with Crippen molar-refractivity contribution in [1.29, 1.82) is 0 Å². The van der Waals surface area contributed by atoms with Crippen molar-refractivity contribution in [2.45, 2.75) is 25.3 Å². The van der Waals surface area contributed by atoms with E-state index < -0.39 is 0 Å². The van der Waals surface area contributed by atoms with Gasteiger partial charge in [-0.3, -0.25) is 9.69 Å². The topological polar surface area (TPSA) is 50.8 Å². The Labute approximate surface area is 114 Å². The second kappa shape index (κ2) is 6.20. The highest BCUT2D eigenvalue weighted by Crippen LogP contribution is 2.29. The van der Waals surface area contributed by atoms with Crippen LogP contribution in [0.4, 0.5) is 0 Å². The van der Waals surface area contributed by atoms with Crippen LogP contribution in [-0.4, -0.2) is 62.9 Å². The molecular formula is C14H24N2O3. The van der Waals surface area contributed by atoms with E-state index in [1.54, 1.807) is 0 Å². The summed E-state index contributed by atoms with van der Waals surface area (Å²) in [6, 6.07) is 0.411. The molecule has 0 bridgehead atoms. The SMILES string of the molecule is O=C(NCC(C1CCOC1)N1CCOCC1)C1CC1. The molecule has 3 rings (SSSR count). The summed E-state index contributed by atoms with van der Waals surface area (Å²) in [5, 5.41) is 3.14. The first-order valence-corrected chi connectivity index (χ1v) is 7.52. The average Bonchev–Trinajstić information content (AvgIpc) is 3.17. The van der Waals surface area contributed by atoms with Crippen molar-refractivity contribution in [2.75, 3.05) is 46.1 Å². The molecule has 3 aliphatic rings. The predicted octanol–water partition coefficient (Wildman–Crippen LogP) is 0.250. The molecule has 2 heterocycles. The monoisotopic (exact) mass is 268 g/mol. The van der Waals surface area contributed by atoms with E-state index in [-0.39, 0.29) is 5.91 Å². The molecule has 0 radical (unpaired) electrons.